The highest BCUT2D eigenvalue weighted by Crippen LogP contribution is 2.28. The molecule has 0 aromatic carbocycles. The minimum atomic E-state index is 0.598. The Kier molecular flexibility index (Phi) is 4.24. The van der Waals surface area contributed by atoms with Crippen LogP contribution in [0.5, 0.6) is 0 Å². The van der Waals surface area contributed by atoms with Crippen LogP contribution in [0.2, 0.25) is 0 Å². The predicted molar refractivity (Wildman–Crippen MR) is 62.9 cm³/mol. The molecular weight excluding hydrogens is 170 g/mol. The second-order valence-corrected chi connectivity index (χ2v) is 3.59. The SMILES string of the molecule is C=C/C=C\CC1/C(=C/C=C\C)N[C@@H]1C. The summed E-state index contributed by atoms with van der Waals surface area (Å²) in [5.41, 5.74) is 1.35. The van der Waals surface area contributed by atoms with E-state index in [4.69, 9.17) is 0 Å². The molecule has 0 spiro atoms. The van der Waals surface area contributed by atoms with E-state index in [1.165, 1.54) is 5.70 Å². The smallest absolute Gasteiger partial charge is 0.0315 e. The Morgan fingerprint density at radius 3 is 2.79 bits per heavy atom. The second-order valence-electron chi connectivity index (χ2n) is 3.59. The average molecular weight is 189 g/mol. The Bertz CT molecular complexity index is 271. The van der Waals surface area contributed by atoms with Gasteiger partial charge >= 0.3 is 0 Å². The van der Waals surface area contributed by atoms with Gasteiger partial charge in [0.05, 0.1) is 0 Å². The zero-order chi connectivity index (χ0) is 10.4. The average Bonchev–Trinajstić information content (AvgIpc) is 2.19. The van der Waals surface area contributed by atoms with Gasteiger partial charge in [0.1, 0.15) is 0 Å². The molecule has 1 aliphatic rings. The molecule has 0 aromatic heterocycles. The Hall–Kier alpha value is -1.24. The van der Waals surface area contributed by atoms with E-state index < -0.39 is 0 Å². The van der Waals surface area contributed by atoms with Gasteiger partial charge in [-0.2, -0.15) is 0 Å². The highest BCUT2D eigenvalue weighted by atomic mass is 15.0. The number of hydrogen-bond acceptors (Lipinski definition) is 1. The summed E-state index contributed by atoms with van der Waals surface area (Å²) in [6.07, 6.45) is 13.4. The summed E-state index contributed by atoms with van der Waals surface area (Å²) in [5, 5.41) is 3.40. The third-order valence-electron chi connectivity index (χ3n) is 2.53. The topological polar surface area (TPSA) is 12.0 Å². The van der Waals surface area contributed by atoms with Crippen molar-refractivity contribution < 1.29 is 0 Å². The first-order valence-corrected chi connectivity index (χ1v) is 5.16. The predicted octanol–water partition coefficient (Wildman–Crippen LogP) is 3.19. The van der Waals surface area contributed by atoms with Crippen molar-refractivity contribution in [2.24, 2.45) is 5.92 Å². The van der Waals surface area contributed by atoms with Crippen LogP contribution < -0.4 is 5.32 Å². The van der Waals surface area contributed by atoms with Crippen molar-refractivity contribution in [3.63, 3.8) is 0 Å². The maximum atomic E-state index is 3.66. The molecule has 1 fully saturated rings. The monoisotopic (exact) mass is 189 g/mol. The van der Waals surface area contributed by atoms with E-state index in [0.717, 1.165) is 6.42 Å². The third kappa shape index (κ3) is 2.63. The molecule has 1 heteroatoms. The summed E-state index contributed by atoms with van der Waals surface area (Å²) in [6, 6.07) is 0.598. The summed E-state index contributed by atoms with van der Waals surface area (Å²) in [5.74, 6) is 0.655. The fourth-order valence-electron chi connectivity index (χ4n) is 1.67. The van der Waals surface area contributed by atoms with E-state index in [2.05, 4.69) is 37.0 Å². The number of hydrogen-bond donors (Lipinski definition) is 1. The molecule has 1 rings (SSSR count). The van der Waals surface area contributed by atoms with Crippen LogP contribution in [0.25, 0.3) is 0 Å². The summed E-state index contributed by atoms with van der Waals surface area (Å²) in [7, 11) is 0. The van der Waals surface area contributed by atoms with Gasteiger partial charge < -0.3 is 5.32 Å². The van der Waals surface area contributed by atoms with E-state index in [1.54, 1.807) is 0 Å². The van der Waals surface area contributed by atoms with Crippen molar-refractivity contribution in [1.82, 2.24) is 5.32 Å². The van der Waals surface area contributed by atoms with Crippen molar-refractivity contribution in [2.75, 3.05) is 0 Å². The van der Waals surface area contributed by atoms with Crippen molar-refractivity contribution in [3.8, 4) is 0 Å². The summed E-state index contributed by atoms with van der Waals surface area (Å²) >= 11 is 0. The van der Waals surface area contributed by atoms with Crippen LogP contribution in [0, 0.1) is 5.92 Å². The molecule has 14 heavy (non-hydrogen) atoms. The van der Waals surface area contributed by atoms with Crippen molar-refractivity contribution in [2.45, 2.75) is 26.3 Å². The minimum absolute atomic E-state index is 0.598. The fourth-order valence-corrected chi connectivity index (χ4v) is 1.67. The lowest BCUT2D eigenvalue weighted by Crippen LogP contribution is -2.48. The molecule has 2 atom stereocenters. The van der Waals surface area contributed by atoms with Gasteiger partial charge in [-0.05, 0) is 26.3 Å². The molecule has 0 saturated carbocycles. The summed E-state index contributed by atoms with van der Waals surface area (Å²) < 4.78 is 0. The molecule has 1 heterocycles. The zero-order valence-corrected chi connectivity index (χ0v) is 9.03. The number of rotatable bonds is 4. The molecule has 1 unspecified atom stereocenters. The quantitative estimate of drug-likeness (QED) is 0.670. The maximum absolute atomic E-state index is 3.66. The van der Waals surface area contributed by atoms with Crippen molar-refractivity contribution >= 4 is 0 Å². The lowest BCUT2D eigenvalue weighted by Gasteiger charge is -2.39. The van der Waals surface area contributed by atoms with Crippen LogP contribution in [0.3, 0.4) is 0 Å². The van der Waals surface area contributed by atoms with Gasteiger partial charge in [0.2, 0.25) is 0 Å². The van der Waals surface area contributed by atoms with Crippen LogP contribution in [-0.4, -0.2) is 6.04 Å². The minimum Gasteiger partial charge on any atom is -0.385 e. The third-order valence-corrected chi connectivity index (χ3v) is 2.53. The Balaban J connectivity index is 2.49. The molecule has 0 aliphatic carbocycles. The molecule has 0 radical (unpaired) electrons. The summed E-state index contributed by atoms with van der Waals surface area (Å²) in [6.45, 7) is 7.92. The normalized spacial score (nSPS) is 29.4. The Morgan fingerprint density at radius 1 is 1.43 bits per heavy atom. The highest BCUT2D eigenvalue weighted by Gasteiger charge is 2.29. The van der Waals surface area contributed by atoms with Gasteiger partial charge in [-0.25, -0.2) is 0 Å². The van der Waals surface area contributed by atoms with Gasteiger partial charge in [0.25, 0.3) is 0 Å². The van der Waals surface area contributed by atoms with Gasteiger partial charge in [0.15, 0.2) is 0 Å². The van der Waals surface area contributed by atoms with Crippen LogP contribution in [-0.2, 0) is 0 Å². The second kappa shape index (κ2) is 5.48. The van der Waals surface area contributed by atoms with E-state index in [-0.39, 0.29) is 0 Å². The molecule has 0 amide bonds. The Morgan fingerprint density at radius 2 is 2.21 bits per heavy atom. The summed E-state index contributed by atoms with van der Waals surface area (Å²) in [4.78, 5) is 0. The standard InChI is InChI=1S/C13H19N/c1-4-6-8-9-12-11(3)14-13(12)10-7-5-2/h4-8,10-12,14H,1,9H2,2-3H3/b7-5-,8-6-,13-10-/t11-,12?/m1/s1. The lowest BCUT2D eigenvalue weighted by molar-refractivity contribution is 0.328. The fraction of sp³-hybridized carbons (Fsp3) is 0.385. The van der Waals surface area contributed by atoms with Crippen molar-refractivity contribution in [1.29, 1.82) is 0 Å². The van der Waals surface area contributed by atoms with Gasteiger partial charge in [-0.15, -0.1) is 0 Å². The van der Waals surface area contributed by atoms with Crippen LogP contribution in [0.15, 0.2) is 48.7 Å². The molecule has 1 N–H and O–H groups in total. The highest BCUT2D eigenvalue weighted by molar-refractivity contribution is 5.23. The first-order valence-electron chi connectivity index (χ1n) is 5.16. The van der Waals surface area contributed by atoms with E-state index in [0.29, 0.717) is 12.0 Å². The molecular formula is C13H19N. The Labute approximate surface area is 86.9 Å². The lowest BCUT2D eigenvalue weighted by atomic mass is 9.85. The number of allylic oxidation sites excluding steroid dienone is 6. The van der Waals surface area contributed by atoms with Gasteiger partial charge in [-0.3, -0.25) is 0 Å². The van der Waals surface area contributed by atoms with E-state index >= 15 is 0 Å². The first-order chi connectivity index (χ1) is 6.79. The molecule has 0 bridgehead atoms. The zero-order valence-electron chi connectivity index (χ0n) is 9.03. The van der Waals surface area contributed by atoms with Gasteiger partial charge in [-0.1, -0.05) is 37.0 Å². The molecule has 76 valence electrons. The van der Waals surface area contributed by atoms with Gasteiger partial charge in [0, 0.05) is 17.7 Å². The first kappa shape index (κ1) is 10.8. The molecule has 1 saturated heterocycles. The van der Waals surface area contributed by atoms with E-state index in [1.807, 2.05) is 25.2 Å². The maximum Gasteiger partial charge on any atom is 0.0315 e. The van der Waals surface area contributed by atoms with Crippen LogP contribution in [0.1, 0.15) is 20.3 Å². The molecule has 1 aliphatic heterocycles. The molecule has 0 aromatic rings. The van der Waals surface area contributed by atoms with Crippen molar-refractivity contribution in [3.05, 3.63) is 48.7 Å². The molecule has 1 nitrogen and oxygen atoms in total. The number of nitrogens with one attached hydrogen (secondary N) is 1. The van der Waals surface area contributed by atoms with Crippen LogP contribution >= 0.6 is 0 Å². The largest absolute Gasteiger partial charge is 0.385 e. The van der Waals surface area contributed by atoms with E-state index in [9.17, 15) is 0 Å². The van der Waals surface area contributed by atoms with Crippen LogP contribution in [0.4, 0.5) is 0 Å².